The first-order valence-electron chi connectivity index (χ1n) is 8.38. The second kappa shape index (κ2) is 7.40. The average Bonchev–Trinajstić information content (AvgIpc) is 2.88. The summed E-state index contributed by atoms with van der Waals surface area (Å²) in [7, 11) is 0. The molecular formula is C17H22ClN3O3. The van der Waals surface area contributed by atoms with Gasteiger partial charge in [0, 0.05) is 18.1 Å². The number of likely N-dealkylation sites (tertiary alicyclic amines) is 1. The van der Waals surface area contributed by atoms with Crippen molar-refractivity contribution >= 4 is 28.6 Å². The zero-order chi connectivity index (χ0) is 17.1. The second-order valence-electron chi connectivity index (χ2n) is 6.23. The Bertz CT molecular complexity index is 783. The molecule has 130 valence electrons. The Morgan fingerprint density at radius 1 is 1.46 bits per heavy atom. The topological polar surface area (TPSA) is 67.5 Å². The molecule has 1 amide bonds. The molecule has 6 nitrogen and oxygen atoms in total. The van der Waals surface area contributed by atoms with E-state index < -0.39 is 0 Å². The highest BCUT2D eigenvalue weighted by atomic mass is 35.5. The SMILES string of the molecule is CCCNC(=O)CN1CCCC(n2c(=O)oc3ccc(Cl)cc32)C1. The first kappa shape index (κ1) is 17.0. The van der Waals surface area contributed by atoms with Gasteiger partial charge in [0.15, 0.2) is 5.58 Å². The van der Waals surface area contributed by atoms with E-state index in [1.807, 2.05) is 6.92 Å². The van der Waals surface area contributed by atoms with Gasteiger partial charge in [-0.2, -0.15) is 0 Å². The van der Waals surface area contributed by atoms with Gasteiger partial charge in [-0.3, -0.25) is 14.3 Å². The Hall–Kier alpha value is -1.79. The van der Waals surface area contributed by atoms with Crippen molar-refractivity contribution < 1.29 is 9.21 Å². The number of hydrogen-bond donors (Lipinski definition) is 1. The van der Waals surface area contributed by atoms with Crippen LogP contribution in [0.2, 0.25) is 5.02 Å². The van der Waals surface area contributed by atoms with E-state index in [2.05, 4.69) is 10.2 Å². The van der Waals surface area contributed by atoms with Crippen LogP contribution in [-0.4, -0.2) is 41.6 Å². The fourth-order valence-corrected chi connectivity index (χ4v) is 3.43. The first-order valence-corrected chi connectivity index (χ1v) is 8.76. The molecule has 24 heavy (non-hydrogen) atoms. The normalized spacial score (nSPS) is 18.8. The highest BCUT2D eigenvalue weighted by molar-refractivity contribution is 6.31. The van der Waals surface area contributed by atoms with Gasteiger partial charge in [-0.1, -0.05) is 18.5 Å². The summed E-state index contributed by atoms with van der Waals surface area (Å²) in [5.41, 5.74) is 1.26. The molecule has 3 rings (SSSR count). The lowest BCUT2D eigenvalue weighted by Gasteiger charge is -2.32. The van der Waals surface area contributed by atoms with Crippen LogP contribution in [-0.2, 0) is 4.79 Å². The van der Waals surface area contributed by atoms with Crippen molar-refractivity contribution in [3.63, 3.8) is 0 Å². The fourth-order valence-electron chi connectivity index (χ4n) is 3.26. The lowest BCUT2D eigenvalue weighted by molar-refractivity contribution is -0.122. The molecule has 0 bridgehead atoms. The van der Waals surface area contributed by atoms with Gasteiger partial charge in [-0.25, -0.2) is 4.79 Å². The van der Waals surface area contributed by atoms with Crippen molar-refractivity contribution in [2.24, 2.45) is 0 Å². The van der Waals surface area contributed by atoms with Crippen molar-refractivity contribution in [3.8, 4) is 0 Å². The van der Waals surface area contributed by atoms with E-state index in [1.54, 1.807) is 22.8 Å². The third-order valence-electron chi connectivity index (χ3n) is 4.36. The zero-order valence-electron chi connectivity index (χ0n) is 13.8. The smallest absolute Gasteiger partial charge is 0.408 e. The third kappa shape index (κ3) is 3.65. The fraction of sp³-hybridized carbons (Fsp3) is 0.529. The molecule has 0 aliphatic carbocycles. The lowest BCUT2D eigenvalue weighted by atomic mass is 10.1. The number of benzene rings is 1. The molecule has 0 spiro atoms. The highest BCUT2D eigenvalue weighted by Gasteiger charge is 2.26. The van der Waals surface area contributed by atoms with Gasteiger partial charge in [-0.15, -0.1) is 0 Å². The summed E-state index contributed by atoms with van der Waals surface area (Å²) < 4.78 is 7.01. The molecule has 1 aliphatic rings. The summed E-state index contributed by atoms with van der Waals surface area (Å²) in [5.74, 6) is -0.334. The zero-order valence-corrected chi connectivity index (χ0v) is 14.5. The van der Waals surface area contributed by atoms with E-state index in [9.17, 15) is 9.59 Å². The van der Waals surface area contributed by atoms with Crippen LogP contribution < -0.4 is 11.1 Å². The van der Waals surface area contributed by atoms with Gasteiger partial charge in [0.05, 0.1) is 18.1 Å². The number of nitrogens with zero attached hydrogens (tertiary/aromatic N) is 2. The van der Waals surface area contributed by atoms with Gasteiger partial charge in [-0.05, 0) is 44.0 Å². The maximum absolute atomic E-state index is 12.3. The average molecular weight is 352 g/mol. The molecular weight excluding hydrogens is 330 g/mol. The molecule has 2 heterocycles. The molecule has 1 N–H and O–H groups in total. The van der Waals surface area contributed by atoms with Crippen LogP contribution in [0.15, 0.2) is 27.4 Å². The van der Waals surface area contributed by atoms with Gasteiger partial charge >= 0.3 is 5.76 Å². The Morgan fingerprint density at radius 3 is 3.08 bits per heavy atom. The van der Waals surface area contributed by atoms with Gasteiger partial charge in [0.25, 0.3) is 0 Å². The van der Waals surface area contributed by atoms with Crippen molar-refractivity contribution in [1.82, 2.24) is 14.8 Å². The van der Waals surface area contributed by atoms with E-state index in [-0.39, 0.29) is 17.7 Å². The van der Waals surface area contributed by atoms with Crippen molar-refractivity contribution in [1.29, 1.82) is 0 Å². The number of hydrogen-bond acceptors (Lipinski definition) is 4. The Labute approximate surface area is 145 Å². The van der Waals surface area contributed by atoms with E-state index >= 15 is 0 Å². The quantitative estimate of drug-likeness (QED) is 0.898. The van der Waals surface area contributed by atoms with Crippen LogP contribution in [0.5, 0.6) is 0 Å². The number of halogens is 1. The second-order valence-corrected chi connectivity index (χ2v) is 6.67. The number of rotatable bonds is 5. The number of fused-ring (bicyclic) bond motifs is 1. The largest absolute Gasteiger partial charge is 0.420 e. The van der Waals surface area contributed by atoms with Crippen LogP contribution in [0.4, 0.5) is 0 Å². The van der Waals surface area contributed by atoms with Crippen LogP contribution in [0.3, 0.4) is 0 Å². The standard InChI is InChI=1S/C17H22ClN3O3/c1-2-7-19-16(22)11-20-8-3-4-13(10-20)21-14-9-12(18)5-6-15(14)24-17(21)23/h5-6,9,13H,2-4,7-8,10-11H2,1H3,(H,19,22). The van der Waals surface area contributed by atoms with Crippen LogP contribution in [0, 0.1) is 0 Å². The molecule has 0 radical (unpaired) electrons. The van der Waals surface area contributed by atoms with Crippen LogP contribution in [0.1, 0.15) is 32.2 Å². The number of nitrogens with one attached hydrogen (secondary N) is 1. The minimum Gasteiger partial charge on any atom is -0.408 e. The minimum absolute atomic E-state index is 0.00931. The van der Waals surface area contributed by atoms with Crippen molar-refractivity contribution in [2.45, 2.75) is 32.2 Å². The van der Waals surface area contributed by atoms with E-state index in [4.69, 9.17) is 16.0 Å². The summed E-state index contributed by atoms with van der Waals surface area (Å²) in [4.78, 5) is 26.3. The Kier molecular flexibility index (Phi) is 5.26. The van der Waals surface area contributed by atoms with Crippen molar-refractivity contribution in [3.05, 3.63) is 33.8 Å². The first-order chi connectivity index (χ1) is 11.6. The molecule has 1 unspecified atom stereocenters. The molecule has 1 aliphatic heterocycles. The number of oxazole rings is 1. The van der Waals surface area contributed by atoms with Crippen molar-refractivity contribution in [2.75, 3.05) is 26.2 Å². The summed E-state index contributed by atoms with van der Waals surface area (Å²) in [6.45, 7) is 4.60. The lowest BCUT2D eigenvalue weighted by Crippen LogP contribution is -2.44. The van der Waals surface area contributed by atoms with Gasteiger partial charge < -0.3 is 9.73 Å². The van der Waals surface area contributed by atoms with E-state index in [0.717, 1.165) is 31.3 Å². The maximum Gasteiger partial charge on any atom is 0.420 e. The molecule has 1 saturated heterocycles. The predicted molar refractivity (Wildman–Crippen MR) is 93.5 cm³/mol. The van der Waals surface area contributed by atoms with Crippen LogP contribution in [0.25, 0.3) is 11.1 Å². The van der Waals surface area contributed by atoms with Crippen LogP contribution >= 0.6 is 11.6 Å². The monoisotopic (exact) mass is 351 g/mol. The van der Waals surface area contributed by atoms with E-state index in [0.29, 0.717) is 30.2 Å². The molecule has 1 atom stereocenters. The summed E-state index contributed by atoms with van der Waals surface area (Å²) >= 11 is 6.06. The van der Waals surface area contributed by atoms with E-state index in [1.165, 1.54) is 0 Å². The van der Waals surface area contributed by atoms with Gasteiger partial charge in [0.2, 0.25) is 5.91 Å². The number of amides is 1. The number of carbonyl (C=O) groups is 1. The summed E-state index contributed by atoms with van der Waals surface area (Å²) in [5, 5.41) is 3.47. The number of carbonyl (C=O) groups excluding carboxylic acids is 1. The molecule has 7 heteroatoms. The molecule has 1 fully saturated rings. The molecule has 0 saturated carbocycles. The molecule has 2 aromatic rings. The summed E-state index contributed by atoms with van der Waals surface area (Å²) in [6.07, 6.45) is 2.74. The molecule has 1 aromatic heterocycles. The number of piperidine rings is 1. The Morgan fingerprint density at radius 2 is 2.29 bits per heavy atom. The summed E-state index contributed by atoms with van der Waals surface area (Å²) in [6, 6.07) is 5.18. The predicted octanol–water partition coefficient (Wildman–Crippen LogP) is 2.41. The Balaban J connectivity index is 1.78. The van der Waals surface area contributed by atoms with Gasteiger partial charge in [0.1, 0.15) is 0 Å². The number of aromatic nitrogens is 1. The maximum atomic E-state index is 12.3. The third-order valence-corrected chi connectivity index (χ3v) is 4.59. The highest BCUT2D eigenvalue weighted by Crippen LogP contribution is 2.26. The molecule has 1 aromatic carbocycles. The minimum atomic E-state index is -0.366.